The van der Waals surface area contributed by atoms with Crippen molar-refractivity contribution < 1.29 is 9.53 Å². The number of carbonyl (C=O) groups excluding carboxylic acids is 1. The van der Waals surface area contributed by atoms with Gasteiger partial charge in [0.15, 0.2) is 0 Å². The molecule has 1 aliphatic carbocycles. The van der Waals surface area contributed by atoms with Gasteiger partial charge in [-0.3, -0.25) is 4.79 Å². The van der Waals surface area contributed by atoms with Gasteiger partial charge in [-0.2, -0.15) is 0 Å². The summed E-state index contributed by atoms with van der Waals surface area (Å²) in [6, 6.07) is 14.2. The molecule has 0 aromatic heterocycles. The van der Waals surface area contributed by atoms with Crippen LogP contribution >= 0.6 is 12.4 Å². The predicted molar refractivity (Wildman–Crippen MR) is 112 cm³/mol. The van der Waals surface area contributed by atoms with Gasteiger partial charge in [0, 0.05) is 12.1 Å². The zero-order valence-corrected chi connectivity index (χ0v) is 16.7. The van der Waals surface area contributed by atoms with Crippen LogP contribution in [-0.4, -0.2) is 12.5 Å². The summed E-state index contributed by atoms with van der Waals surface area (Å²) in [4.78, 5) is 12.4. The van der Waals surface area contributed by atoms with Crippen molar-refractivity contribution in [3.63, 3.8) is 0 Å². The van der Waals surface area contributed by atoms with E-state index in [9.17, 15) is 4.79 Å². The van der Waals surface area contributed by atoms with Crippen LogP contribution < -0.4 is 15.8 Å². The van der Waals surface area contributed by atoms with Crippen molar-refractivity contribution in [1.82, 2.24) is 5.32 Å². The molecule has 0 saturated carbocycles. The molecule has 0 radical (unpaired) electrons. The van der Waals surface area contributed by atoms with Crippen LogP contribution in [0.4, 0.5) is 5.69 Å². The van der Waals surface area contributed by atoms with E-state index in [1.807, 2.05) is 36.4 Å². The van der Waals surface area contributed by atoms with Crippen LogP contribution in [0, 0.1) is 0 Å². The number of halogens is 1. The number of hydrogen-bond acceptors (Lipinski definition) is 3. The Labute approximate surface area is 167 Å². The summed E-state index contributed by atoms with van der Waals surface area (Å²) in [7, 11) is 0. The first-order valence-electron chi connectivity index (χ1n) is 9.55. The van der Waals surface area contributed by atoms with E-state index < -0.39 is 0 Å². The fourth-order valence-electron chi connectivity index (χ4n) is 3.48. The standard InChI is InChI=1S/C22H28N2O2.ClH/c1-2-14-26-19-10-6-16(7-11-19)8-13-22(25)24-21-5-3-4-17-15-18(23)9-12-20(17)21;/h6-7,9-12,15,21H,2-5,8,13-14,23H2,1H3,(H,24,25);1H. The van der Waals surface area contributed by atoms with Gasteiger partial charge in [-0.05, 0) is 73.1 Å². The fraction of sp³-hybridized carbons (Fsp3) is 0.409. The molecule has 4 nitrogen and oxygen atoms in total. The summed E-state index contributed by atoms with van der Waals surface area (Å²) in [6.07, 6.45) is 5.35. The second kappa shape index (κ2) is 10.2. The van der Waals surface area contributed by atoms with Crippen LogP contribution in [0.5, 0.6) is 5.75 Å². The number of ether oxygens (including phenoxy) is 1. The number of fused-ring (bicyclic) bond motifs is 1. The summed E-state index contributed by atoms with van der Waals surface area (Å²) in [5, 5.41) is 3.20. The highest BCUT2D eigenvalue weighted by atomic mass is 35.5. The lowest BCUT2D eigenvalue weighted by Crippen LogP contribution is -2.31. The fourth-order valence-corrected chi connectivity index (χ4v) is 3.48. The number of nitrogens with one attached hydrogen (secondary N) is 1. The molecule has 1 amide bonds. The van der Waals surface area contributed by atoms with Crippen molar-refractivity contribution in [1.29, 1.82) is 0 Å². The maximum Gasteiger partial charge on any atom is 0.220 e. The molecule has 3 rings (SSSR count). The first-order valence-corrected chi connectivity index (χ1v) is 9.55. The van der Waals surface area contributed by atoms with Gasteiger partial charge in [-0.25, -0.2) is 0 Å². The second-order valence-electron chi connectivity index (χ2n) is 6.96. The maximum atomic E-state index is 12.4. The number of carbonyl (C=O) groups is 1. The number of nitrogen functional groups attached to an aromatic ring is 1. The van der Waals surface area contributed by atoms with Gasteiger partial charge in [0.1, 0.15) is 5.75 Å². The molecule has 2 aromatic rings. The van der Waals surface area contributed by atoms with Crippen LogP contribution in [0.15, 0.2) is 42.5 Å². The summed E-state index contributed by atoms with van der Waals surface area (Å²) < 4.78 is 5.59. The Morgan fingerprint density at radius 3 is 2.74 bits per heavy atom. The lowest BCUT2D eigenvalue weighted by Gasteiger charge is -2.26. The Balaban J connectivity index is 0.00000261. The number of nitrogens with two attached hydrogens (primary N) is 1. The van der Waals surface area contributed by atoms with Crippen molar-refractivity contribution >= 4 is 24.0 Å². The van der Waals surface area contributed by atoms with Crippen LogP contribution in [-0.2, 0) is 17.6 Å². The topological polar surface area (TPSA) is 64.3 Å². The number of rotatable bonds is 7. The average Bonchev–Trinajstić information content (AvgIpc) is 2.65. The first-order chi connectivity index (χ1) is 12.7. The largest absolute Gasteiger partial charge is 0.494 e. The van der Waals surface area contributed by atoms with Crippen LogP contribution in [0.2, 0.25) is 0 Å². The molecule has 146 valence electrons. The molecule has 0 spiro atoms. The normalized spacial score (nSPS) is 15.4. The molecule has 3 N–H and O–H groups in total. The van der Waals surface area contributed by atoms with E-state index in [1.54, 1.807) is 0 Å². The molecule has 0 aliphatic heterocycles. The first kappa shape index (κ1) is 21.1. The molecule has 1 unspecified atom stereocenters. The molecule has 1 aliphatic rings. The third-order valence-electron chi connectivity index (χ3n) is 4.85. The number of benzene rings is 2. The van der Waals surface area contributed by atoms with Crippen LogP contribution in [0.1, 0.15) is 55.3 Å². The summed E-state index contributed by atoms with van der Waals surface area (Å²) >= 11 is 0. The van der Waals surface area contributed by atoms with E-state index in [0.29, 0.717) is 6.42 Å². The van der Waals surface area contributed by atoms with E-state index in [-0.39, 0.29) is 24.4 Å². The Bertz CT molecular complexity index is 746. The molecular formula is C22H29ClN2O2. The highest BCUT2D eigenvalue weighted by Gasteiger charge is 2.21. The number of amides is 1. The molecule has 0 heterocycles. The quantitative estimate of drug-likeness (QED) is 0.681. The highest BCUT2D eigenvalue weighted by Crippen LogP contribution is 2.31. The van der Waals surface area contributed by atoms with E-state index >= 15 is 0 Å². The van der Waals surface area contributed by atoms with E-state index in [1.165, 1.54) is 11.1 Å². The smallest absolute Gasteiger partial charge is 0.220 e. The van der Waals surface area contributed by atoms with Crippen LogP contribution in [0.25, 0.3) is 0 Å². The van der Waals surface area contributed by atoms with E-state index in [4.69, 9.17) is 10.5 Å². The SMILES string of the molecule is CCCOc1ccc(CCC(=O)NC2CCCc3cc(N)ccc32)cc1.Cl. The molecular weight excluding hydrogens is 360 g/mol. The predicted octanol–water partition coefficient (Wildman–Crippen LogP) is 4.61. The monoisotopic (exact) mass is 388 g/mol. The lowest BCUT2D eigenvalue weighted by atomic mass is 9.87. The van der Waals surface area contributed by atoms with Gasteiger partial charge in [0.05, 0.1) is 12.6 Å². The van der Waals surface area contributed by atoms with Crippen molar-refractivity contribution in [2.75, 3.05) is 12.3 Å². The summed E-state index contributed by atoms with van der Waals surface area (Å²) in [5.74, 6) is 0.990. The van der Waals surface area contributed by atoms with Crippen molar-refractivity contribution in [2.24, 2.45) is 0 Å². The minimum Gasteiger partial charge on any atom is -0.494 e. The Hall–Kier alpha value is -2.20. The van der Waals surface area contributed by atoms with E-state index in [2.05, 4.69) is 18.3 Å². The van der Waals surface area contributed by atoms with Gasteiger partial charge < -0.3 is 15.8 Å². The van der Waals surface area contributed by atoms with Gasteiger partial charge in [-0.15, -0.1) is 12.4 Å². The zero-order valence-electron chi connectivity index (χ0n) is 15.9. The van der Waals surface area contributed by atoms with E-state index in [0.717, 1.165) is 55.7 Å². The van der Waals surface area contributed by atoms with Gasteiger partial charge >= 0.3 is 0 Å². The maximum absolute atomic E-state index is 12.4. The third kappa shape index (κ3) is 5.90. The molecule has 2 aromatic carbocycles. The van der Waals surface area contributed by atoms with Crippen LogP contribution in [0.3, 0.4) is 0 Å². The molecule has 1 atom stereocenters. The summed E-state index contributed by atoms with van der Waals surface area (Å²) in [5.41, 5.74) is 10.3. The number of hydrogen-bond donors (Lipinski definition) is 2. The second-order valence-corrected chi connectivity index (χ2v) is 6.96. The van der Waals surface area contributed by atoms with Crippen molar-refractivity contribution in [3.05, 3.63) is 59.2 Å². The van der Waals surface area contributed by atoms with Gasteiger partial charge in [-0.1, -0.05) is 25.1 Å². The lowest BCUT2D eigenvalue weighted by molar-refractivity contribution is -0.121. The number of aryl methyl sites for hydroxylation is 2. The van der Waals surface area contributed by atoms with Gasteiger partial charge in [0.2, 0.25) is 5.91 Å². The average molecular weight is 389 g/mol. The van der Waals surface area contributed by atoms with Crippen molar-refractivity contribution in [2.45, 2.75) is 51.5 Å². The minimum absolute atomic E-state index is 0. The molecule has 27 heavy (non-hydrogen) atoms. The zero-order chi connectivity index (χ0) is 18.4. The molecule has 0 bridgehead atoms. The van der Waals surface area contributed by atoms with Gasteiger partial charge in [0.25, 0.3) is 0 Å². The Morgan fingerprint density at radius 1 is 1.22 bits per heavy atom. The Morgan fingerprint density at radius 2 is 2.00 bits per heavy atom. The molecule has 5 heteroatoms. The third-order valence-corrected chi connectivity index (χ3v) is 4.85. The number of anilines is 1. The summed E-state index contributed by atoms with van der Waals surface area (Å²) in [6.45, 7) is 2.82. The Kier molecular flexibility index (Phi) is 7.99. The van der Waals surface area contributed by atoms with Crippen molar-refractivity contribution in [3.8, 4) is 5.75 Å². The molecule has 0 saturated heterocycles. The molecule has 0 fully saturated rings. The minimum atomic E-state index is 0. The highest BCUT2D eigenvalue weighted by molar-refractivity contribution is 5.85.